The molecule has 0 radical (unpaired) electrons. The molecule has 0 aromatic heterocycles. The van der Waals surface area contributed by atoms with Crippen LogP contribution >= 0.6 is 0 Å². The van der Waals surface area contributed by atoms with E-state index in [9.17, 15) is 4.79 Å². The molecule has 0 bridgehead atoms. The van der Waals surface area contributed by atoms with Gasteiger partial charge in [-0.05, 0) is 12.5 Å². The third kappa shape index (κ3) is 12.6. The maximum absolute atomic E-state index is 10.6. The van der Waals surface area contributed by atoms with Crippen LogP contribution in [-0.2, 0) is 4.79 Å². The Morgan fingerprint density at radius 2 is 1.91 bits per heavy atom. The van der Waals surface area contributed by atoms with E-state index in [-0.39, 0.29) is 20.6 Å². The Balaban J connectivity index is -0.000000320. The van der Waals surface area contributed by atoms with E-state index in [0.717, 1.165) is 12.8 Å². The normalized spacial score (nSPS) is 7.36. The summed E-state index contributed by atoms with van der Waals surface area (Å²) in [5.74, 6) is 0.170. The molecule has 11 heavy (non-hydrogen) atoms. The first-order valence-electron chi connectivity index (χ1n) is 3.46. The van der Waals surface area contributed by atoms with Crippen LogP contribution in [0.5, 0.6) is 0 Å². The number of unbranched alkanes of at least 4 members (excludes halogenated alkanes) is 2. The number of carbonyl (C=O) groups excluding carboxylic acids is 1. The molecule has 0 spiro atoms. The van der Waals surface area contributed by atoms with Crippen LogP contribution in [-0.4, -0.2) is 5.78 Å². The van der Waals surface area contributed by atoms with Crippen molar-refractivity contribution in [1.82, 2.24) is 0 Å². The lowest BCUT2D eigenvalue weighted by Gasteiger charge is -1.91. The third-order valence-corrected chi connectivity index (χ3v) is 1.25. The Labute approximate surface area is 71.5 Å². The molecule has 0 saturated heterocycles. The van der Waals surface area contributed by atoms with Gasteiger partial charge in [-0.2, -0.15) is 0 Å². The second kappa shape index (κ2) is 12.1. The molecular formula is C10H22O. The SMILES string of the molecule is C.C.C=CC(=O)CCCCC. The minimum atomic E-state index is 0. The molecule has 0 saturated carbocycles. The Hall–Kier alpha value is -0.590. The highest BCUT2D eigenvalue weighted by atomic mass is 16.1. The van der Waals surface area contributed by atoms with Crippen molar-refractivity contribution >= 4 is 5.78 Å². The summed E-state index contributed by atoms with van der Waals surface area (Å²) < 4.78 is 0. The maximum Gasteiger partial charge on any atom is 0.155 e. The van der Waals surface area contributed by atoms with Crippen molar-refractivity contribution in [2.75, 3.05) is 0 Å². The molecule has 0 heterocycles. The van der Waals surface area contributed by atoms with Gasteiger partial charge < -0.3 is 0 Å². The van der Waals surface area contributed by atoms with Gasteiger partial charge in [0, 0.05) is 6.42 Å². The molecule has 0 aliphatic rings. The molecule has 0 aliphatic heterocycles. The fraction of sp³-hybridized carbons (Fsp3) is 0.700. The van der Waals surface area contributed by atoms with Gasteiger partial charge >= 0.3 is 0 Å². The molecule has 68 valence electrons. The van der Waals surface area contributed by atoms with Crippen molar-refractivity contribution in [3.8, 4) is 0 Å². The summed E-state index contributed by atoms with van der Waals surface area (Å²) in [5, 5.41) is 0. The Bertz CT molecular complexity index is 95.0. The molecule has 0 aromatic carbocycles. The first-order valence-corrected chi connectivity index (χ1v) is 3.46. The van der Waals surface area contributed by atoms with Crippen LogP contribution in [0, 0.1) is 0 Å². The van der Waals surface area contributed by atoms with E-state index in [1.165, 1.54) is 12.5 Å². The van der Waals surface area contributed by atoms with Gasteiger partial charge in [0.05, 0.1) is 0 Å². The second-order valence-corrected chi connectivity index (χ2v) is 2.13. The highest BCUT2D eigenvalue weighted by Crippen LogP contribution is 1.99. The van der Waals surface area contributed by atoms with Crippen LogP contribution in [0.25, 0.3) is 0 Å². The Morgan fingerprint density at radius 3 is 2.27 bits per heavy atom. The average Bonchev–Trinajstić information content (AvgIpc) is 1.89. The molecule has 1 nitrogen and oxygen atoms in total. The zero-order valence-electron chi connectivity index (χ0n) is 6.02. The smallest absolute Gasteiger partial charge is 0.155 e. The number of ketones is 1. The maximum atomic E-state index is 10.6. The van der Waals surface area contributed by atoms with Gasteiger partial charge in [0.1, 0.15) is 0 Å². The summed E-state index contributed by atoms with van der Waals surface area (Å²) in [6.07, 6.45) is 5.42. The minimum absolute atomic E-state index is 0. The van der Waals surface area contributed by atoms with Gasteiger partial charge in [0.25, 0.3) is 0 Å². The standard InChI is InChI=1S/C8H14O.2CH4/c1-3-5-6-7-8(9)4-2;;/h4H,2-3,5-7H2,1H3;2*1H4. The van der Waals surface area contributed by atoms with E-state index >= 15 is 0 Å². The molecule has 0 atom stereocenters. The molecule has 1 heteroatoms. The first-order chi connectivity index (χ1) is 4.31. The lowest BCUT2D eigenvalue weighted by atomic mass is 10.1. The van der Waals surface area contributed by atoms with E-state index < -0.39 is 0 Å². The van der Waals surface area contributed by atoms with Crippen molar-refractivity contribution < 1.29 is 4.79 Å². The largest absolute Gasteiger partial charge is 0.295 e. The minimum Gasteiger partial charge on any atom is -0.295 e. The number of carbonyl (C=O) groups is 1. The summed E-state index contributed by atoms with van der Waals surface area (Å²) in [4.78, 5) is 10.6. The molecule has 0 unspecified atom stereocenters. The molecule has 0 N–H and O–H groups in total. The van der Waals surface area contributed by atoms with E-state index in [1.807, 2.05) is 0 Å². The summed E-state index contributed by atoms with van der Waals surface area (Å²) in [7, 11) is 0. The van der Waals surface area contributed by atoms with Gasteiger partial charge in [-0.1, -0.05) is 41.2 Å². The lowest BCUT2D eigenvalue weighted by molar-refractivity contribution is -0.114. The van der Waals surface area contributed by atoms with E-state index in [4.69, 9.17) is 0 Å². The third-order valence-electron chi connectivity index (χ3n) is 1.25. The highest BCUT2D eigenvalue weighted by molar-refractivity contribution is 5.88. The van der Waals surface area contributed by atoms with Crippen LogP contribution in [0.1, 0.15) is 47.5 Å². The number of hydrogen-bond acceptors (Lipinski definition) is 1. The van der Waals surface area contributed by atoms with Gasteiger partial charge in [0.15, 0.2) is 5.78 Å². The quantitative estimate of drug-likeness (QED) is 0.441. The number of hydrogen-bond donors (Lipinski definition) is 0. The van der Waals surface area contributed by atoms with Crippen LogP contribution in [0.2, 0.25) is 0 Å². The average molecular weight is 158 g/mol. The van der Waals surface area contributed by atoms with Crippen LogP contribution in [0.15, 0.2) is 12.7 Å². The Morgan fingerprint density at radius 1 is 1.36 bits per heavy atom. The van der Waals surface area contributed by atoms with Crippen LogP contribution in [0.4, 0.5) is 0 Å². The van der Waals surface area contributed by atoms with Crippen molar-refractivity contribution in [3.05, 3.63) is 12.7 Å². The van der Waals surface area contributed by atoms with Gasteiger partial charge in [-0.3, -0.25) is 4.79 Å². The van der Waals surface area contributed by atoms with E-state index in [1.54, 1.807) is 0 Å². The van der Waals surface area contributed by atoms with Crippen LogP contribution < -0.4 is 0 Å². The summed E-state index contributed by atoms with van der Waals surface area (Å²) in [6.45, 7) is 5.51. The lowest BCUT2D eigenvalue weighted by Crippen LogP contribution is -1.90. The molecule has 0 rings (SSSR count). The molecule has 0 fully saturated rings. The summed E-state index contributed by atoms with van der Waals surface area (Å²) >= 11 is 0. The number of allylic oxidation sites excluding steroid dienone is 1. The molecule has 0 aromatic rings. The van der Waals surface area contributed by atoms with Gasteiger partial charge in [-0.25, -0.2) is 0 Å². The molecule has 0 amide bonds. The predicted molar refractivity (Wildman–Crippen MR) is 52.8 cm³/mol. The summed E-state index contributed by atoms with van der Waals surface area (Å²) in [5.41, 5.74) is 0. The van der Waals surface area contributed by atoms with Gasteiger partial charge in [-0.15, -0.1) is 0 Å². The van der Waals surface area contributed by atoms with Gasteiger partial charge in [0.2, 0.25) is 0 Å². The van der Waals surface area contributed by atoms with Crippen molar-refractivity contribution in [2.24, 2.45) is 0 Å². The van der Waals surface area contributed by atoms with Crippen molar-refractivity contribution in [2.45, 2.75) is 47.5 Å². The predicted octanol–water partition coefficient (Wildman–Crippen LogP) is 3.59. The van der Waals surface area contributed by atoms with E-state index in [2.05, 4.69) is 13.5 Å². The Kier molecular flexibility index (Phi) is 18.5. The fourth-order valence-electron chi connectivity index (χ4n) is 0.651. The van der Waals surface area contributed by atoms with E-state index in [0.29, 0.717) is 6.42 Å². The summed E-state index contributed by atoms with van der Waals surface area (Å²) in [6, 6.07) is 0. The second-order valence-electron chi connectivity index (χ2n) is 2.13. The van der Waals surface area contributed by atoms with Crippen molar-refractivity contribution in [3.63, 3.8) is 0 Å². The number of rotatable bonds is 5. The van der Waals surface area contributed by atoms with Crippen LogP contribution in [0.3, 0.4) is 0 Å². The highest BCUT2D eigenvalue weighted by Gasteiger charge is 1.92. The molecular weight excluding hydrogens is 136 g/mol. The monoisotopic (exact) mass is 158 g/mol. The fourth-order valence-corrected chi connectivity index (χ4v) is 0.651. The first kappa shape index (κ1) is 16.8. The van der Waals surface area contributed by atoms with Crippen molar-refractivity contribution in [1.29, 1.82) is 0 Å². The zero-order chi connectivity index (χ0) is 7.11. The molecule has 0 aliphatic carbocycles. The topological polar surface area (TPSA) is 17.1 Å². The zero-order valence-corrected chi connectivity index (χ0v) is 6.02.